The van der Waals surface area contributed by atoms with Gasteiger partial charge in [-0.15, -0.1) is 0 Å². The highest BCUT2D eigenvalue weighted by Crippen LogP contribution is 2.49. The van der Waals surface area contributed by atoms with Gasteiger partial charge in [0.05, 0.1) is 8.41 Å². The van der Waals surface area contributed by atoms with E-state index in [1.165, 1.54) is 0 Å². The van der Waals surface area contributed by atoms with Gasteiger partial charge in [0.1, 0.15) is 17.2 Å². The van der Waals surface area contributed by atoms with Gasteiger partial charge in [-0.2, -0.15) is 4.57 Å². The number of rotatable bonds is 6. The second-order valence-electron chi connectivity index (χ2n) is 4.66. The molecule has 3 aromatic carbocycles. The van der Waals surface area contributed by atoms with Crippen LogP contribution in [0.1, 0.15) is 0 Å². The highest BCUT2D eigenvalue weighted by Gasteiger charge is 2.33. The number of benzene rings is 3. The minimum absolute atomic E-state index is 0. The molecule has 122 valence electrons. The van der Waals surface area contributed by atoms with Crippen LogP contribution in [0.3, 0.4) is 0 Å². The minimum Gasteiger partial charge on any atom is -0.386 e. The molecular formula is C18H18BO4P. The Bertz CT molecular complexity index is 674. The first-order valence-electron chi connectivity index (χ1n) is 7.07. The van der Waals surface area contributed by atoms with Crippen LogP contribution in [0.15, 0.2) is 91.0 Å². The third-order valence-electron chi connectivity index (χ3n) is 2.88. The monoisotopic (exact) mass is 340 g/mol. The summed E-state index contributed by atoms with van der Waals surface area (Å²) in [5.74, 6) is 1.22. The molecule has 4 nitrogen and oxygen atoms in total. The van der Waals surface area contributed by atoms with Crippen molar-refractivity contribution in [2.75, 3.05) is 0 Å². The molecule has 0 spiro atoms. The van der Waals surface area contributed by atoms with Crippen molar-refractivity contribution < 1.29 is 18.1 Å². The highest BCUT2D eigenvalue weighted by atomic mass is 31.2. The maximum absolute atomic E-state index is 13.1. The van der Waals surface area contributed by atoms with Gasteiger partial charge in [-0.05, 0) is 36.4 Å². The van der Waals surface area contributed by atoms with Gasteiger partial charge in [0.25, 0.3) is 0 Å². The number of para-hydroxylation sites is 3. The summed E-state index contributed by atoms with van der Waals surface area (Å²) >= 11 is 0. The van der Waals surface area contributed by atoms with E-state index in [1.54, 1.807) is 72.8 Å². The third-order valence-corrected chi connectivity index (χ3v) is 4.18. The lowest BCUT2D eigenvalue weighted by Gasteiger charge is -2.19. The zero-order chi connectivity index (χ0) is 16.0. The lowest BCUT2D eigenvalue weighted by Crippen LogP contribution is -2.07. The van der Waals surface area contributed by atoms with Crippen molar-refractivity contribution in [3.05, 3.63) is 91.0 Å². The van der Waals surface area contributed by atoms with Crippen LogP contribution in [0.25, 0.3) is 0 Å². The van der Waals surface area contributed by atoms with Crippen molar-refractivity contribution in [3.63, 3.8) is 0 Å². The first-order valence-corrected chi connectivity index (χ1v) is 8.54. The van der Waals surface area contributed by atoms with E-state index in [0.29, 0.717) is 17.2 Å². The topological polar surface area (TPSA) is 44.8 Å². The highest BCUT2D eigenvalue weighted by molar-refractivity contribution is 7.49. The predicted molar refractivity (Wildman–Crippen MR) is 98.8 cm³/mol. The Hall–Kier alpha value is -2.65. The van der Waals surface area contributed by atoms with Crippen molar-refractivity contribution in [1.29, 1.82) is 0 Å². The van der Waals surface area contributed by atoms with Crippen molar-refractivity contribution in [2.24, 2.45) is 0 Å². The van der Waals surface area contributed by atoms with Crippen molar-refractivity contribution in [1.82, 2.24) is 0 Å². The molecule has 0 aliphatic rings. The van der Waals surface area contributed by atoms with Gasteiger partial charge in [0.2, 0.25) is 0 Å². The molecule has 6 heteroatoms. The summed E-state index contributed by atoms with van der Waals surface area (Å²) in [6, 6.07) is 26.4. The fourth-order valence-electron chi connectivity index (χ4n) is 1.89. The summed E-state index contributed by atoms with van der Waals surface area (Å²) in [7, 11) is -3.89. The van der Waals surface area contributed by atoms with E-state index in [-0.39, 0.29) is 8.41 Å². The Morgan fingerprint density at radius 1 is 0.500 bits per heavy atom. The molecule has 0 saturated carbocycles. The number of hydrogen-bond acceptors (Lipinski definition) is 4. The maximum Gasteiger partial charge on any atom is 0.647 e. The van der Waals surface area contributed by atoms with Gasteiger partial charge >= 0.3 is 7.82 Å². The van der Waals surface area contributed by atoms with Crippen LogP contribution < -0.4 is 13.6 Å². The molecule has 0 atom stereocenters. The van der Waals surface area contributed by atoms with Gasteiger partial charge in [-0.1, -0.05) is 54.6 Å². The molecule has 0 aromatic heterocycles. The smallest absolute Gasteiger partial charge is 0.386 e. The van der Waals surface area contributed by atoms with Crippen LogP contribution >= 0.6 is 7.82 Å². The molecule has 0 amide bonds. The van der Waals surface area contributed by atoms with E-state index in [2.05, 4.69) is 0 Å². The van der Waals surface area contributed by atoms with E-state index in [0.717, 1.165) is 0 Å². The van der Waals surface area contributed by atoms with E-state index in [1.807, 2.05) is 18.2 Å². The van der Waals surface area contributed by atoms with Crippen LogP contribution in [-0.2, 0) is 4.57 Å². The van der Waals surface area contributed by atoms with Crippen LogP contribution in [0.2, 0.25) is 0 Å². The fraction of sp³-hybridized carbons (Fsp3) is 0. The first-order chi connectivity index (χ1) is 11.2. The molecule has 0 saturated heterocycles. The molecule has 0 bridgehead atoms. The molecule has 24 heavy (non-hydrogen) atoms. The van der Waals surface area contributed by atoms with Crippen molar-refractivity contribution in [2.45, 2.75) is 0 Å². The second kappa shape index (κ2) is 8.28. The number of hydrogen-bond donors (Lipinski definition) is 0. The van der Waals surface area contributed by atoms with Crippen LogP contribution in [0.5, 0.6) is 17.2 Å². The van der Waals surface area contributed by atoms with Gasteiger partial charge in [-0.25, -0.2) is 0 Å². The minimum atomic E-state index is -3.89. The van der Waals surface area contributed by atoms with Crippen LogP contribution in [0.4, 0.5) is 0 Å². The standard InChI is InChI=1S/C18H15O4P.BH3/c19-23(20-16-10-4-1-5-11-16,21-17-12-6-2-7-13-17)22-18-14-8-3-9-15-18;/h1-15H;1H3. The zero-order valence-electron chi connectivity index (χ0n) is 12.2. The number of phosphoric ester groups is 1. The first kappa shape index (κ1) is 17.7. The van der Waals surface area contributed by atoms with Gasteiger partial charge in [0, 0.05) is 0 Å². The van der Waals surface area contributed by atoms with Gasteiger partial charge in [-0.3, -0.25) is 0 Å². The van der Waals surface area contributed by atoms with E-state index in [9.17, 15) is 4.57 Å². The molecule has 0 aliphatic carbocycles. The largest absolute Gasteiger partial charge is 0.647 e. The van der Waals surface area contributed by atoms with Crippen LogP contribution in [-0.4, -0.2) is 8.41 Å². The lowest BCUT2D eigenvalue weighted by atomic mass is 10.3. The summed E-state index contributed by atoms with van der Waals surface area (Å²) in [6.45, 7) is 0. The average molecular weight is 340 g/mol. The summed E-state index contributed by atoms with van der Waals surface area (Å²) in [5.41, 5.74) is 0. The molecule has 3 aromatic rings. The lowest BCUT2D eigenvalue weighted by molar-refractivity contribution is 0.298. The summed E-state index contributed by atoms with van der Waals surface area (Å²) in [6.07, 6.45) is 0. The molecule has 0 N–H and O–H groups in total. The Balaban J connectivity index is 0.00000208. The Labute approximate surface area is 143 Å². The van der Waals surface area contributed by atoms with Gasteiger partial charge < -0.3 is 13.6 Å². The van der Waals surface area contributed by atoms with E-state index in [4.69, 9.17) is 13.6 Å². The predicted octanol–water partition coefficient (Wildman–Crippen LogP) is 4.15. The van der Waals surface area contributed by atoms with E-state index < -0.39 is 7.82 Å². The molecule has 3 rings (SSSR count). The van der Waals surface area contributed by atoms with E-state index >= 15 is 0 Å². The summed E-state index contributed by atoms with van der Waals surface area (Å²) in [4.78, 5) is 0. The van der Waals surface area contributed by atoms with Crippen molar-refractivity contribution in [3.8, 4) is 17.2 Å². The second-order valence-corrected chi connectivity index (χ2v) is 6.10. The Morgan fingerprint density at radius 2 is 0.750 bits per heavy atom. The molecule has 0 radical (unpaired) electrons. The quantitative estimate of drug-likeness (QED) is 0.500. The molecule has 0 unspecified atom stereocenters. The fourth-order valence-corrected chi connectivity index (χ4v) is 3.14. The average Bonchev–Trinajstić information content (AvgIpc) is 2.57. The molecule has 0 fully saturated rings. The van der Waals surface area contributed by atoms with Crippen LogP contribution in [0, 0.1) is 0 Å². The Morgan fingerprint density at radius 3 is 1.00 bits per heavy atom. The summed E-state index contributed by atoms with van der Waals surface area (Å²) < 4.78 is 29.6. The summed E-state index contributed by atoms with van der Waals surface area (Å²) in [5, 5.41) is 0. The zero-order valence-corrected chi connectivity index (χ0v) is 13.1. The molecular weight excluding hydrogens is 322 g/mol. The maximum atomic E-state index is 13.1. The van der Waals surface area contributed by atoms with Gasteiger partial charge in [0.15, 0.2) is 0 Å². The molecule has 0 aliphatic heterocycles. The normalized spacial score (nSPS) is 10.3. The SMILES string of the molecule is B.O=P(Oc1ccccc1)(Oc1ccccc1)Oc1ccccc1. The van der Waals surface area contributed by atoms with Crippen molar-refractivity contribution >= 4 is 16.2 Å². The third kappa shape index (κ3) is 4.93. The number of phosphoric acid groups is 1. The Kier molecular flexibility index (Phi) is 6.10. The molecule has 0 heterocycles.